The number of carbonyl (C=O) groups excluding carboxylic acids is 1. The van der Waals surface area contributed by atoms with Crippen molar-refractivity contribution in [3.05, 3.63) is 40.7 Å². The molecule has 11 heteroatoms. The van der Waals surface area contributed by atoms with Crippen LogP contribution in [0.15, 0.2) is 18.2 Å². The summed E-state index contributed by atoms with van der Waals surface area (Å²) in [5, 5.41) is 6.36. The largest absolute Gasteiger partial charge is 0.493 e. The van der Waals surface area contributed by atoms with Crippen molar-refractivity contribution in [3.8, 4) is 17.2 Å². The summed E-state index contributed by atoms with van der Waals surface area (Å²) >= 11 is 0. The molecule has 0 radical (unpaired) electrons. The highest BCUT2D eigenvalue weighted by Crippen LogP contribution is 2.38. The Kier molecular flexibility index (Phi) is 7.29. The number of nitrogens with zero attached hydrogens (tertiary/aromatic N) is 2. The third kappa shape index (κ3) is 5.16. The van der Waals surface area contributed by atoms with Crippen molar-refractivity contribution in [3.63, 3.8) is 0 Å². The summed E-state index contributed by atoms with van der Waals surface area (Å²) in [5.41, 5.74) is 0.273. The van der Waals surface area contributed by atoms with E-state index < -0.39 is 17.8 Å². The van der Waals surface area contributed by atoms with Crippen molar-refractivity contribution in [1.82, 2.24) is 15.1 Å². The third-order valence-electron chi connectivity index (χ3n) is 4.90. The van der Waals surface area contributed by atoms with Gasteiger partial charge in [-0.25, -0.2) is 0 Å². The number of methoxy groups -OCH3 is 3. The zero-order chi connectivity index (χ0) is 23.3. The molecule has 1 aromatic heterocycles. The Labute approximate surface area is 182 Å². The van der Waals surface area contributed by atoms with Gasteiger partial charge < -0.3 is 24.3 Å². The average Bonchev–Trinajstić information content (AvgIpc) is 3.16. The Morgan fingerprint density at radius 2 is 1.91 bits per heavy atom. The Morgan fingerprint density at radius 1 is 1.22 bits per heavy atom. The maximum atomic E-state index is 13.2. The third-order valence-corrected chi connectivity index (χ3v) is 4.90. The maximum Gasteiger partial charge on any atom is 0.435 e. The van der Waals surface area contributed by atoms with Crippen LogP contribution >= 0.6 is 0 Å². The molecule has 0 aliphatic carbocycles. The Bertz CT molecular complexity index is 976. The molecule has 1 aromatic carbocycles. The van der Waals surface area contributed by atoms with Gasteiger partial charge in [-0.1, -0.05) is 0 Å². The number of aromatic nitrogens is 2. The van der Waals surface area contributed by atoms with Gasteiger partial charge in [0.2, 0.25) is 11.7 Å². The number of halogens is 3. The van der Waals surface area contributed by atoms with Crippen LogP contribution in [0.5, 0.6) is 17.2 Å². The topological polar surface area (TPSA) is 83.8 Å². The molecule has 174 valence electrons. The second-order valence-electron chi connectivity index (χ2n) is 6.88. The van der Waals surface area contributed by atoms with Crippen LogP contribution in [0, 0.1) is 0 Å². The number of carbonyl (C=O) groups is 1. The molecule has 2 aromatic rings. The van der Waals surface area contributed by atoms with E-state index in [1.807, 2.05) is 0 Å². The lowest BCUT2D eigenvalue weighted by Gasteiger charge is -2.15. The second kappa shape index (κ2) is 9.94. The van der Waals surface area contributed by atoms with E-state index in [4.69, 9.17) is 18.9 Å². The molecule has 0 saturated carbocycles. The van der Waals surface area contributed by atoms with E-state index in [2.05, 4.69) is 10.4 Å². The highest BCUT2D eigenvalue weighted by Gasteiger charge is 2.39. The van der Waals surface area contributed by atoms with E-state index in [9.17, 15) is 18.0 Å². The first-order valence-electron chi connectivity index (χ1n) is 9.78. The van der Waals surface area contributed by atoms with Crippen molar-refractivity contribution < 1.29 is 36.9 Å². The molecule has 0 unspecified atom stereocenters. The van der Waals surface area contributed by atoms with E-state index in [0.29, 0.717) is 41.5 Å². The normalized spacial score (nSPS) is 13.7. The summed E-state index contributed by atoms with van der Waals surface area (Å²) in [5.74, 6) is 0.918. The molecule has 1 aliphatic heterocycles. The number of hydrogen-bond donors (Lipinski definition) is 1. The zero-order valence-electron chi connectivity index (χ0n) is 17.9. The SMILES string of the molecule is COc1cc(C=CC(=O)NCCn2nc(C(F)(F)F)c3c2CCOC3)cc(OC)c1OC. The summed E-state index contributed by atoms with van der Waals surface area (Å²) in [6.07, 6.45) is -1.33. The lowest BCUT2D eigenvalue weighted by atomic mass is 10.1. The summed E-state index contributed by atoms with van der Waals surface area (Å²) in [6, 6.07) is 3.36. The minimum atomic E-state index is -4.55. The van der Waals surface area contributed by atoms with Gasteiger partial charge in [0, 0.05) is 30.3 Å². The first-order valence-corrected chi connectivity index (χ1v) is 9.78. The lowest BCUT2D eigenvalue weighted by molar-refractivity contribution is -0.142. The molecule has 1 aliphatic rings. The maximum absolute atomic E-state index is 13.2. The molecular weight excluding hydrogens is 431 g/mol. The van der Waals surface area contributed by atoms with Gasteiger partial charge in [0.05, 0.1) is 41.1 Å². The summed E-state index contributed by atoms with van der Waals surface area (Å²) in [6.45, 7) is 0.445. The predicted octanol–water partition coefficient (Wildman–Crippen LogP) is 2.83. The van der Waals surface area contributed by atoms with Gasteiger partial charge in [0.1, 0.15) is 0 Å². The smallest absolute Gasteiger partial charge is 0.435 e. The Hall–Kier alpha value is -3.21. The van der Waals surface area contributed by atoms with Crippen molar-refractivity contribution in [2.75, 3.05) is 34.5 Å². The fourth-order valence-electron chi connectivity index (χ4n) is 3.43. The molecular formula is C21H24F3N3O5. The molecule has 1 N–H and O–H groups in total. The van der Waals surface area contributed by atoms with Crippen molar-refractivity contribution in [2.24, 2.45) is 0 Å². The van der Waals surface area contributed by atoms with Crippen LogP contribution in [0.3, 0.4) is 0 Å². The minimum Gasteiger partial charge on any atom is -0.493 e. The van der Waals surface area contributed by atoms with Gasteiger partial charge >= 0.3 is 6.18 Å². The number of nitrogens with one attached hydrogen (secondary N) is 1. The van der Waals surface area contributed by atoms with Gasteiger partial charge in [-0.05, 0) is 23.8 Å². The van der Waals surface area contributed by atoms with E-state index in [1.54, 1.807) is 18.2 Å². The molecule has 2 heterocycles. The fraction of sp³-hybridized carbons (Fsp3) is 0.429. The molecule has 0 atom stereocenters. The molecule has 0 bridgehead atoms. The van der Waals surface area contributed by atoms with Crippen LogP contribution in [-0.2, 0) is 35.3 Å². The number of alkyl halides is 3. The lowest BCUT2D eigenvalue weighted by Crippen LogP contribution is -2.27. The van der Waals surface area contributed by atoms with Crippen molar-refractivity contribution >= 4 is 12.0 Å². The van der Waals surface area contributed by atoms with Crippen LogP contribution in [0.2, 0.25) is 0 Å². The Balaban J connectivity index is 1.64. The number of amides is 1. The second-order valence-corrected chi connectivity index (χ2v) is 6.88. The summed E-state index contributed by atoms with van der Waals surface area (Å²) in [7, 11) is 4.47. The summed E-state index contributed by atoms with van der Waals surface area (Å²) < 4.78 is 61.9. The quantitative estimate of drug-likeness (QED) is 0.617. The van der Waals surface area contributed by atoms with Gasteiger partial charge in [0.15, 0.2) is 17.2 Å². The van der Waals surface area contributed by atoms with Crippen LogP contribution < -0.4 is 19.5 Å². The first-order chi connectivity index (χ1) is 15.3. The van der Waals surface area contributed by atoms with Crippen molar-refractivity contribution in [2.45, 2.75) is 25.7 Å². The van der Waals surface area contributed by atoms with Crippen molar-refractivity contribution in [1.29, 1.82) is 0 Å². The summed E-state index contributed by atoms with van der Waals surface area (Å²) in [4.78, 5) is 12.2. The number of rotatable bonds is 8. The molecule has 0 fully saturated rings. The van der Waals surface area contributed by atoms with E-state index in [1.165, 1.54) is 32.1 Å². The Morgan fingerprint density at radius 3 is 2.50 bits per heavy atom. The standard InChI is InChI=1S/C21H24F3N3O5/c1-29-16-10-13(11-17(30-2)19(16)31-3)4-5-18(28)25-7-8-27-15-6-9-32-12-14(15)20(26-27)21(22,23)24/h4-5,10-11H,6-9,12H2,1-3H3,(H,25,28). The molecule has 32 heavy (non-hydrogen) atoms. The first kappa shape index (κ1) is 23.5. The average molecular weight is 455 g/mol. The monoisotopic (exact) mass is 455 g/mol. The number of fused-ring (bicyclic) bond motifs is 1. The molecule has 0 saturated heterocycles. The highest BCUT2D eigenvalue weighted by atomic mass is 19.4. The van der Waals surface area contributed by atoms with Crippen LogP contribution in [-0.4, -0.2) is 50.2 Å². The van der Waals surface area contributed by atoms with Gasteiger partial charge in [-0.3, -0.25) is 9.48 Å². The molecule has 1 amide bonds. The fourth-order valence-corrected chi connectivity index (χ4v) is 3.43. The highest BCUT2D eigenvalue weighted by molar-refractivity contribution is 5.91. The molecule has 3 rings (SSSR count). The molecule has 0 spiro atoms. The van der Waals surface area contributed by atoms with E-state index in [0.717, 1.165) is 0 Å². The van der Waals surface area contributed by atoms with Crippen LogP contribution in [0.1, 0.15) is 22.5 Å². The zero-order valence-corrected chi connectivity index (χ0v) is 17.9. The van der Waals surface area contributed by atoms with E-state index >= 15 is 0 Å². The predicted molar refractivity (Wildman–Crippen MR) is 109 cm³/mol. The number of hydrogen-bond acceptors (Lipinski definition) is 6. The van der Waals surface area contributed by atoms with Gasteiger partial charge in [0.25, 0.3) is 0 Å². The molecule has 8 nitrogen and oxygen atoms in total. The van der Waals surface area contributed by atoms with Crippen LogP contribution in [0.25, 0.3) is 6.08 Å². The van der Waals surface area contributed by atoms with E-state index in [-0.39, 0.29) is 25.3 Å². The van der Waals surface area contributed by atoms with Gasteiger partial charge in [-0.15, -0.1) is 0 Å². The minimum absolute atomic E-state index is 0.0670. The number of ether oxygens (including phenoxy) is 4. The van der Waals surface area contributed by atoms with Gasteiger partial charge in [-0.2, -0.15) is 18.3 Å². The number of benzene rings is 1. The van der Waals surface area contributed by atoms with Crippen LogP contribution in [0.4, 0.5) is 13.2 Å².